The van der Waals surface area contributed by atoms with Crippen molar-refractivity contribution in [3.05, 3.63) is 51.4 Å². The highest BCUT2D eigenvalue weighted by Crippen LogP contribution is 2.48. The van der Waals surface area contributed by atoms with Gasteiger partial charge < -0.3 is 5.32 Å². The predicted octanol–water partition coefficient (Wildman–Crippen LogP) is 3.86. The van der Waals surface area contributed by atoms with Crippen LogP contribution in [0.3, 0.4) is 0 Å². The number of piperidine rings is 1. The van der Waals surface area contributed by atoms with Crippen LogP contribution in [0.15, 0.2) is 36.0 Å². The highest BCUT2D eigenvalue weighted by molar-refractivity contribution is 7.09. The molecule has 0 spiro atoms. The molecule has 0 bridgehead atoms. The average Bonchev–Trinajstić information content (AvgIpc) is 3.31. The summed E-state index contributed by atoms with van der Waals surface area (Å²) in [5.74, 6) is 0.709. The van der Waals surface area contributed by atoms with Crippen LogP contribution < -0.4 is 5.32 Å². The summed E-state index contributed by atoms with van der Waals surface area (Å²) >= 11 is 7.69. The molecular formula is C20H24ClN3OS. The van der Waals surface area contributed by atoms with Crippen molar-refractivity contribution in [2.45, 2.75) is 37.6 Å². The third-order valence-electron chi connectivity index (χ3n) is 5.60. The van der Waals surface area contributed by atoms with E-state index in [0.29, 0.717) is 10.9 Å². The predicted molar refractivity (Wildman–Crippen MR) is 105 cm³/mol. The summed E-state index contributed by atoms with van der Waals surface area (Å²) in [6, 6.07) is 7.74. The number of nitrogens with zero attached hydrogens (tertiary/aromatic N) is 2. The Kier molecular flexibility index (Phi) is 5.30. The van der Waals surface area contributed by atoms with Crippen molar-refractivity contribution in [3.8, 4) is 0 Å². The first kappa shape index (κ1) is 18.0. The molecule has 1 amide bonds. The van der Waals surface area contributed by atoms with Gasteiger partial charge in [0.05, 0.1) is 10.9 Å². The lowest BCUT2D eigenvalue weighted by Crippen LogP contribution is -2.43. The summed E-state index contributed by atoms with van der Waals surface area (Å²) in [4.78, 5) is 20.8. The van der Waals surface area contributed by atoms with E-state index in [4.69, 9.17) is 11.6 Å². The second-order valence-electron chi connectivity index (χ2n) is 7.51. The van der Waals surface area contributed by atoms with E-state index >= 15 is 0 Å². The third kappa shape index (κ3) is 3.95. The van der Waals surface area contributed by atoms with Gasteiger partial charge in [0.2, 0.25) is 5.91 Å². The molecule has 26 heavy (non-hydrogen) atoms. The Bertz CT molecular complexity index is 743. The molecule has 1 saturated carbocycles. The quantitative estimate of drug-likeness (QED) is 0.816. The van der Waals surface area contributed by atoms with Gasteiger partial charge in [-0.3, -0.25) is 14.7 Å². The number of benzene rings is 1. The number of carbonyl (C=O) groups is 1. The van der Waals surface area contributed by atoms with Crippen molar-refractivity contribution in [1.29, 1.82) is 0 Å². The van der Waals surface area contributed by atoms with Gasteiger partial charge in [-0.1, -0.05) is 23.7 Å². The van der Waals surface area contributed by atoms with E-state index in [-0.39, 0.29) is 11.3 Å². The molecule has 1 aliphatic carbocycles. The lowest BCUT2D eigenvalue weighted by Gasteiger charge is -2.32. The summed E-state index contributed by atoms with van der Waals surface area (Å²) < 4.78 is 0. The number of carbonyl (C=O) groups excluding carboxylic acids is 1. The van der Waals surface area contributed by atoms with Gasteiger partial charge >= 0.3 is 0 Å². The van der Waals surface area contributed by atoms with E-state index in [0.717, 1.165) is 44.6 Å². The summed E-state index contributed by atoms with van der Waals surface area (Å²) in [6.45, 7) is 3.93. The van der Waals surface area contributed by atoms with Crippen molar-refractivity contribution in [1.82, 2.24) is 15.2 Å². The van der Waals surface area contributed by atoms with Crippen LogP contribution in [0, 0.1) is 5.92 Å². The molecule has 138 valence electrons. The Morgan fingerprint density at radius 3 is 2.85 bits per heavy atom. The average molecular weight is 390 g/mol. The minimum absolute atomic E-state index is 0.180. The SMILES string of the molecule is O=C(NC[C@H]1CCCN(Cc2cncs2)C1)C1(c2ccc(Cl)cc2)CC1. The Labute approximate surface area is 163 Å². The Morgan fingerprint density at radius 2 is 2.15 bits per heavy atom. The standard InChI is InChI=1S/C20H24ClN3OS/c21-17-5-3-16(4-6-17)20(7-8-20)19(25)23-10-15-2-1-9-24(12-15)13-18-11-22-14-26-18/h3-6,11,14-15H,1-2,7-10,12-13H2,(H,23,25)/t15-/m1/s1. The third-order valence-corrected chi connectivity index (χ3v) is 6.62. The van der Waals surface area contributed by atoms with Crippen LogP contribution in [-0.4, -0.2) is 35.4 Å². The molecule has 2 heterocycles. The van der Waals surface area contributed by atoms with Crippen LogP contribution in [0.5, 0.6) is 0 Å². The topological polar surface area (TPSA) is 45.2 Å². The van der Waals surface area contributed by atoms with Crippen LogP contribution in [0.1, 0.15) is 36.1 Å². The molecule has 1 aliphatic heterocycles. The van der Waals surface area contributed by atoms with E-state index in [2.05, 4.69) is 15.2 Å². The zero-order valence-corrected chi connectivity index (χ0v) is 16.4. The zero-order chi connectivity index (χ0) is 18.0. The Hall–Kier alpha value is -1.43. The number of amides is 1. The van der Waals surface area contributed by atoms with Gasteiger partial charge in [0.15, 0.2) is 0 Å². The lowest BCUT2D eigenvalue weighted by atomic mass is 9.93. The van der Waals surface area contributed by atoms with E-state index < -0.39 is 0 Å². The van der Waals surface area contributed by atoms with Crippen molar-refractivity contribution in [3.63, 3.8) is 0 Å². The molecule has 1 N–H and O–H groups in total. The first-order valence-corrected chi connectivity index (χ1v) is 10.6. The van der Waals surface area contributed by atoms with Crippen LogP contribution in [0.4, 0.5) is 0 Å². The summed E-state index contributed by atoms with van der Waals surface area (Å²) in [5, 5.41) is 3.96. The second kappa shape index (κ2) is 7.67. The minimum atomic E-state index is -0.318. The van der Waals surface area contributed by atoms with Crippen LogP contribution in [-0.2, 0) is 16.8 Å². The van der Waals surface area contributed by atoms with Gasteiger partial charge in [0.1, 0.15) is 0 Å². The normalized spacial score (nSPS) is 22.1. The molecule has 2 fully saturated rings. The maximum atomic E-state index is 12.8. The smallest absolute Gasteiger partial charge is 0.230 e. The fourth-order valence-corrected chi connectivity index (χ4v) is 4.71. The number of thiazole rings is 1. The molecule has 1 aromatic heterocycles. The highest BCUT2D eigenvalue weighted by Gasteiger charge is 2.51. The zero-order valence-electron chi connectivity index (χ0n) is 14.8. The highest BCUT2D eigenvalue weighted by atomic mass is 35.5. The van der Waals surface area contributed by atoms with Crippen molar-refractivity contribution < 1.29 is 4.79 Å². The number of likely N-dealkylation sites (tertiary alicyclic amines) is 1. The summed E-state index contributed by atoms with van der Waals surface area (Å²) in [6.07, 6.45) is 6.21. The van der Waals surface area contributed by atoms with Crippen molar-refractivity contribution in [2.75, 3.05) is 19.6 Å². The van der Waals surface area contributed by atoms with Crippen molar-refractivity contribution in [2.24, 2.45) is 5.92 Å². The van der Waals surface area contributed by atoms with Crippen LogP contribution in [0.25, 0.3) is 0 Å². The molecule has 1 aromatic carbocycles. The van der Waals surface area contributed by atoms with E-state index in [1.54, 1.807) is 11.3 Å². The fourth-order valence-electron chi connectivity index (χ4n) is 3.95. The molecule has 4 nitrogen and oxygen atoms in total. The van der Waals surface area contributed by atoms with Gasteiger partial charge in [0, 0.05) is 35.7 Å². The molecule has 4 rings (SSSR count). The molecular weight excluding hydrogens is 366 g/mol. The summed E-state index contributed by atoms with van der Waals surface area (Å²) in [5.41, 5.74) is 2.67. The molecule has 1 saturated heterocycles. The largest absolute Gasteiger partial charge is 0.355 e. The Balaban J connectivity index is 1.30. The maximum Gasteiger partial charge on any atom is 0.230 e. The fraction of sp³-hybridized carbons (Fsp3) is 0.500. The number of hydrogen-bond donors (Lipinski definition) is 1. The van der Waals surface area contributed by atoms with Gasteiger partial charge in [0.25, 0.3) is 0 Å². The number of rotatable bonds is 6. The first-order chi connectivity index (χ1) is 12.7. The number of hydrogen-bond acceptors (Lipinski definition) is 4. The van der Waals surface area contributed by atoms with Gasteiger partial charge in [-0.05, 0) is 55.8 Å². The monoisotopic (exact) mass is 389 g/mol. The molecule has 2 aromatic rings. The maximum absolute atomic E-state index is 12.8. The Morgan fingerprint density at radius 1 is 1.35 bits per heavy atom. The van der Waals surface area contributed by atoms with E-state index in [1.165, 1.54) is 17.7 Å². The van der Waals surface area contributed by atoms with Gasteiger partial charge in [-0.2, -0.15) is 0 Å². The molecule has 0 radical (unpaired) electrons. The molecule has 6 heteroatoms. The van der Waals surface area contributed by atoms with Gasteiger partial charge in [-0.25, -0.2) is 0 Å². The molecule has 1 atom stereocenters. The van der Waals surface area contributed by atoms with Crippen LogP contribution >= 0.6 is 22.9 Å². The van der Waals surface area contributed by atoms with E-state index in [1.807, 2.05) is 36.0 Å². The molecule has 0 unspecified atom stereocenters. The number of halogens is 1. The second-order valence-corrected chi connectivity index (χ2v) is 8.92. The van der Waals surface area contributed by atoms with Crippen LogP contribution in [0.2, 0.25) is 5.02 Å². The minimum Gasteiger partial charge on any atom is -0.355 e. The van der Waals surface area contributed by atoms with Gasteiger partial charge in [-0.15, -0.1) is 11.3 Å². The van der Waals surface area contributed by atoms with E-state index in [9.17, 15) is 4.79 Å². The van der Waals surface area contributed by atoms with Crippen molar-refractivity contribution >= 4 is 28.8 Å². The summed E-state index contributed by atoms with van der Waals surface area (Å²) in [7, 11) is 0. The number of nitrogens with one attached hydrogen (secondary N) is 1. The number of aromatic nitrogens is 1. The first-order valence-electron chi connectivity index (χ1n) is 9.30. The molecule has 2 aliphatic rings. The lowest BCUT2D eigenvalue weighted by molar-refractivity contribution is -0.123.